The highest BCUT2D eigenvalue weighted by molar-refractivity contribution is 5.89. The Morgan fingerprint density at radius 3 is 2.80 bits per heavy atom. The van der Waals surface area contributed by atoms with Crippen LogP contribution in [0.1, 0.15) is 30.1 Å². The molecule has 0 fully saturated rings. The van der Waals surface area contributed by atoms with E-state index in [0.717, 1.165) is 11.3 Å². The lowest BCUT2D eigenvalue weighted by Gasteiger charge is -2.09. The van der Waals surface area contributed by atoms with E-state index in [9.17, 15) is 9.90 Å². The summed E-state index contributed by atoms with van der Waals surface area (Å²) in [7, 11) is 0. The van der Waals surface area contributed by atoms with Crippen molar-refractivity contribution in [2.24, 2.45) is 0 Å². The average molecular weight is 274 g/mol. The minimum atomic E-state index is -0.564. The van der Waals surface area contributed by atoms with Crippen LogP contribution >= 0.6 is 0 Å². The minimum Gasteiger partial charge on any atom is -0.465 e. The van der Waals surface area contributed by atoms with Crippen LogP contribution in [0.25, 0.3) is 0 Å². The summed E-state index contributed by atoms with van der Waals surface area (Å²) in [4.78, 5) is 11.7. The maximum absolute atomic E-state index is 11.7. The van der Waals surface area contributed by atoms with Crippen molar-refractivity contribution in [2.75, 3.05) is 5.32 Å². The predicted molar refractivity (Wildman–Crippen MR) is 76.4 cm³/mol. The molecule has 2 amide bonds. The lowest BCUT2D eigenvalue weighted by Crippen LogP contribution is -2.28. The summed E-state index contributed by atoms with van der Waals surface area (Å²) in [6, 6.07) is 10.4. The molecule has 5 heteroatoms. The van der Waals surface area contributed by atoms with Gasteiger partial charge in [-0.25, -0.2) is 4.79 Å². The molecule has 1 unspecified atom stereocenters. The summed E-state index contributed by atoms with van der Waals surface area (Å²) in [6.45, 7) is 3.86. The van der Waals surface area contributed by atoms with Crippen molar-refractivity contribution >= 4 is 11.7 Å². The molecule has 1 aromatic heterocycles. The third-order valence-corrected chi connectivity index (χ3v) is 2.85. The summed E-state index contributed by atoms with van der Waals surface area (Å²) in [6.07, 6.45) is -0.564. The van der Waals surface area contributed by atoms with Gasteiger partial charge in [0.15, 0.2) is 0 Å². The Morgan fingerprint density at radius 1 is 1.35 bits per heavy atom. The van der Waals surface area contributed by atoms with Gasteiger partial charge in [0.1, 0.15) is 11.5 Å². The molecule has 2 aromatic rings. The van der Waals surface area contributed by atoms with E-state index in [0.29, 0.717) is 18.0 Å². The quantitative estimate of drug-likeness (QED) is 0.802. The number of hydrogen-bond acceptors (Lipinski definition) is 3. The Bertz CT molecular complexity index is 590. The molecule has 3 N–H and O–H groups in total. The van der Waals surface area contributed by atoms with E-state index < -0.39 is 6.10 Å². The molecular weight excluding hydrogens is 256 g/mol. The second-order valence-electron chi connectivity index (χ2n) is 4.62. The second kappa shape index (κ2) is 6.25. The molecule has 2 rings (SSSR count). The van der Waals surface area contributed by atoms with E-state index in [4.69, 9.17) is 4.42 Å². The number of benzene rings is 1. The van der Waals surface area contributed by atoms with E-state index >= 15 is 0 Å². The molecule has 0 aliphatic heterocycles. The number of aliphatic hydroxyl groups excluding tert-OH is 1. The topological polar surface area (TPSA) is 74.5 Å². The van der Waals surface area contributed by atoms with Gasteiger partial charge in [0, 0.05) is 5.69 Å². The first-order chi connectivity index (χ1) is 9.54. The van der Waals surface area contributed by atoms with Crippen molar-refractivity contribution in [2.45, 2.75) is 26.5 Å². The van der Waals surface area contributed by atoms with Crippen LogP contribution in [0.2, 0.25) is 0 Å². The van der Waals surface area contributed by atoms with Crippen LogP contribution in [0.15, 0.2) is 40.8 Å². The van der Waals surface area contributed by atoms with Crippen LogP contribution in [0.3, 0.4) is 0 Å². The predicted octanol–water partition coefficient (Wildman–Crippen LogP) is 2.96. The molecule has 1 aromatic carbocycles. The lowest BCUT2D eigenvalue weighted by molar-refractivity contribution is 0.199. The summed E-state index contributed by atoms with van der Waals surface area (Å²) in [5.74, 6) is 1.52. The Hall–Kier alpha value is -2.27. The molecule has 0 aliphatic carbocycles. The van der Waals surface area contributed by atoms with E-state index in [-0.39, 0.29) is 6.03 Å². The van der Waals surface area contributed by atoms with Crippen molar-refractivity contribution < 1.29 is 14.3 Å². The first-order valence-electron chi connectivity index (χ1n) is 6.43. The third-order valence-electron chi connectivity index (χ3n) is 2.85. The molecule has 0 radical (unpaired) electrons. The van der Waals surface area contributed by atoms with Gasteiger partial charge in [-0.3, -0.25) is 0 Å². The Labute approximate surface area is 117 Å². The third kappa shape index (κ3) is 3.86. The highest BCUT2D eigenvalue weighted by Gasteiger charge is 2.06. The Balaban J connectivity index is 1.89. The number of aryl methyl sites for hydroxylation is 1. The van der Waals surface area contributed by atoms with Gasteiger partial charge in [0.25, 0.3) is 0 Å². The number of urea groups is 1. The maximum Gasteiger partial charge on any atom is 0.319 e. The molecule has 1 heterocycles. The zero-order valence-electron chi connectivity index (χ0n) is 11.5. The molecule has 0 spiro atoms. The van der Waals surface area contributed by atoms with Crippen LogP contribution in [-0.4, -0.2) is 11.1 Å². The molecule has 0 saturated carbocycles. The average Bonchev–Trinajstić information content (AvgIpc) is 2.82. The molecule has 0 saturated heterocycles. The number of hydrogen-bond donors (Lipinski definition) is 3. The van der Waals surface area contributed by atoms with Crippen molar-refractivity contribution in [3.05, 3.63) is 53.5 Å². The smallest absolute Gasteiger partial charge is 0.319 e. The SMILES string of the molecule is Cc1ccc(CNC(=O)Nc2cccc(C(C)O)c2)o1. The summed E-state index contributed by atoms with van der Waals surface area (Å²) in [5, 5.41) is 14.9. The zero-order valence-corrected chi connectivity index (χ0v) is 11.5. The fourth-order valence-corrected chi connectivity index (χ4v) is 1.80. The fraction of sp³-hybridized carbons (Fsp3) is 0.267. The summed E-state index contributed by atoms with van der Waals surface area (Å²) < 4.78 is 5.36. The zero-order chi connectivity index (χ0) is 14.5. The van der Waals surface area contributed by atoms with Crippen LogP contribution in [0.4, 0.5) is 10.5 Å². The number of carbonyl (C=O) groups excluding carboxylic acids is 1. The van der Waals surface area contributed by atoms with Gasteiger partial charge < -0.3 is 20.2 Å². The Kier molecular flexibility index (Phi) is 4.42. The molecule has 20 heavy (non-hydrogen) atoms. The molecule has 5 nitrogen and oxygen atoms in total. The van der Waals surface area contributed by atoms with E-state index in [1.807, 2.05) is 19.1 Å². The van der Waals surface area contributed by atoms with E-state index in [1.165, 1.54) is 0 Å². The second-order valence-corrected chi connectivity index (χ2v) is 4.62. The standard InChI is InChI=1S/C15H18N2O3/c1-10-6-7-14(20-10)9-16-15(19)17-13-5-3-4-12(8-13)11(2)18/h3-8,11,18H,9H2,1-2H3,(H2,16,17,19). The maximum atomic E-state index is 11.7. The normalized spacial score (nSPS) is 11.9. The van der Waals surface area contributed by atoms with Crippen LogP contribution in [-0.2, 0) is 6.54 Å². The van der Waals surface area contributed by atoms with Gasteiger partial charge in [0.05, 0.1) is 12.6 Å². The minimum absolute atomic E-state index is 0.318. The lowest BCUT2D eigenvalue weighted by atomic mass is 10.1. The van der Waals surface area contributed by atoms with Gasteiger partial charge in [-0.1, -0.05) is 12.1 Å². The van der Waals surface area contributed by atoms with E-state index in [2.05, 4.69) is 10.6 Å². The number of carbonyl (C=O) groups is 1. The van der Waals surface area contributed by atoms with Crippen LogP contribution in [0, 0.1) is 6.92 Å². The molecular formula is C15H18N2O3. The van der Waals surface area contributed by atoms with Gasteiger partial charge in [0.2, 0.25) is 0 Å². The summed E-state index contributed by atoms with van der Waals surface area (Å²) >= 11 is 0. The number of furan rings is 1. The molecule has 0 aliphatic rings. The number of rotatable bonds is 4. The highest BCUT2D eigenvalue weighted by atomic mass is 16.3. The first kappa shape index (κ1) is 14.1. The number of aliphatic hydroxyl groups is 1. The van der Waals surface area contributed by atoms with Crippen LogP contribution in [0.5, 0.6) is 0 Å². The van der Waals surface area contributed by atoms with Gasteiger partial charge in [-0.15, -0.1) is 0 Å². The highest BCUT2D eigenvalue weighted by Crippen LogP contribution is 2.16. The fourth-order valence-electron chi connectivity index (χ4n) is 1.80. The molecule has 0 bridgehead atoms. The van der Waals surface area contributed by atoms with Crippen molar-refractivity contribution in [3.8, 4) is 0 Å². The first-order valence-corrected chi connectivity index (χ1v) is 6.43. The largest absolute Gasteiger partial charge is 0.465 e. The number of anilines is 1. The summed E-state index contributed by atoms with van der Waals surface area (Å²) in [5.41, 5.74) is 1.39. The van der Waals surface area contributed by atoms with Crippen molar-refractivity contribution in [3.63, 3.8) is 0 Å². The number of nitrogens with one attached hydrogen (secondary N) is 2. The van der Waals surface area contributed by atoms with Crippen molar-refractivity contribution in [1.29, 1.82) is 0 Å². The van der Waals surface area contributed by atoms with E-state index in [1.54, 1.807) is 31.2 Å². The van der Waals surface area contributed by atoms with Gasteiger partial charge >= 0.3 is 6.03 Å². The monoisotopic (exact) mass is 274 g/mol. The van der Waals surface area contributed by atoms with Crippen LogP contribution < -0.4 is 10.6 Å². The van der Waals surface area contributed by atoms with Crippen molar-refractivity contribution in [1.82, 2.24) is 5.32 Å². The number of amides is 2. The molecule has 1 atom stereocenters. The van der Waals surface area contributed by atoms with Gasteiger partial charge in [-0.2, -0.15) is 0 Å². The van der Waals surface area contributed by atoms with Gasteiger partial charge in [-0.05, 0) is 43.7 Å². The Morgan fingerprint density at radius 2 is 2.15 bits per heavy atom. The molecule has 106 valence electrons.